The van der Waals surface area contributed by atoms with E-state index in [1.807, 2.05) is 0 Å². The second-order valence-corrected chi connectivity index (χ2v) is 16.9. The highest BCUT2D eigenvalue weighted by Gasteiger charge is 2.73. The highest BCUT2D eigenvalue weighted by atomic mass is 28.4. The molecule has 0 amide bonds. The molecule has 0 radical (unpaired) electrons. The van der Waals surface area contributed by atoms with Crippen LogP contribution in [0.2, 0.25) is 18.1 Å². The van der Waals surface area contributed by atoms with Crippen LogP contribution < -0.4 is 9.64 Å². The Balaban J connectivity index is 1.77. The van der Waals surface area contributed by atoms with Crippen LogP contribution in [0.15, 0.2) is 30.4 Å². The Bertz CT molecular complexity index is 1030. The first-order valence-corrected chi connectivity index (χ1v) is 15.4. The number of esters is 1. The fourth-order valence-electron chi connectivity index (χ4n) is 7.31. The van der Waals surface area contributed by atoms with E-state index in [2.05, 4.69) is 81.1 Å². The van der Waals surface area contributed by atoms with Gasteiger partial charge in [-0.05, 0) is 55.1 Å². The molecule has 0 N–H and O–H groups in total. The molecule has 1 saturated heterocycles. The second-order valence-electron chi connectivity index (χ2n) is 12.2. The molecule has 186 valence electrons. The van der Waals surface area contributed by atoms with Crippen LogP contribution in [0.4, 0.5) is 5.69 Å². The van der Waals surface area contributed by atoms with Crippen LogP contribution in [0.5, 0.6) is 5.75 Å². The summed E-state index contributed by atoms with van der Waals surface area (Å²) in [5, 5.41) is -0.0323. The van der Waals surface area contributed by atoms with Crippen molar-refractivity contribution in [2.24, 2.45) is 5.92 Å². The molecule has 5 atom stereocenters. The third-order valence-electron chi connectivity index (χ3n) is 9.58. The average molecular weight is 485 g/mol. The molecule has 1 aromatic carbocycles. The summed E-state index contributed by atoms with van der Waals surface area (Å²) in [5.41, 5.74) is 1.21. The van der Waals surface area contributed by atoms with Gasteiger partial charge in [-0.3, -0.25) is 4.90 Å². The number of methoxy groups -OCH3 is 2. The zero-order valence-corrected chi connectivity index (χ0v) is 23.0. The highest BCUT2D eigenvalue weighted by Crippen LogP contribution is 2.64. The van der Waals surface area contributed by atoms with E-state index < -0.39 is 13.9 Å². The molecule has 34 heavy (non-hydrogen) atoms. The lowest BCUT2D eigenvalue weighted by Crippen LogP contribution is -2.74. The van der Waals surface area contributed by atoms with E-state index in [-0.39, 0.29) is 28.4 Å². The fourth-order valence-corrected chi connectivity index (χ4v) is 8.80. The van der Waals surface area contributed by atoms with Gasteiger partial charge in [0, 0.05) is 36.8 Å². The fraction of sp³-hybridized carbons (Fsp3) is 0.667. The van der Waals surface area contributed by atoms with Crippen molar-refractivity contribution in [3.8, 4) is 5.75 Å². The number of ether oxygens (including phenoxy) is 2. The van der Waals surface area contributed by atoms with Crippen LogP contribution in [-0.2, 0) is 19.4 Å². The molecule has 3 aliphatic heterocycles. The Hall–Kier alpha value is -1.83. The molecular formula is C27H40N2O4Si. The van der Waals surface area contributed by atoms with Crippen LogP contribution in [0.1, 0.15) is 39.2 Å². The summed E-state index contributed by atoms with van der Waals surface area (Å²) in [6.45, 7) is 13.2. The van der Waals surface area contributed by atoms with Crippen LogP contribution in [-0.4, -0.2) is 71.2 Å². The van der Waals surface area contributed by atoms with Crippen LogP contribution >= 0.6 is 0 Å². The number of likely N-dealkylation sites (N-methyl/N-ethyl adjacent to an activating group) is 1. The lowest BCUT2D eigenvalue weighted by molar-refractivity contribution is -0.172. The number of nitrogens with zero attached hydrogens (tertiary/aromatic N) is 2. The van der Waals surface area contributed by atoms with E-state index in [0.717, 1.165) is 30.9 Å². The van der Waals surface area contributed by atoms with E-state index in [0.29, 0.717) is 12.5 Å². The Kier molecular flexibility index (Phi) is 5.33. The van der Waals surface area contributed by atoms with Gasteiger partial charge in [0.05, 0.1) is 20.3 Å². The number of anilines is 1. The van der Waals surface area contributed by atoms with E-state index in [1.165, 1.54) is 12.7 Å². The maximum absolute atomic E-state index is 14.0. The van der Waals surface area contributed by atoms with Gasteiger partial charge in [0.2, 0.25) is 0 Å². The topological polar surface area (TPSA) is 51.2 Å². The molecule has 3 heterocycles. The van der Waals surface area contributed by atoms with Crippen molar-refractivity contribution in [2.45, 2.75) is 74.8 Å². The lowest BCUT2D eigenvalue weighted by atomic mass is 9.55. The summed E-state index contributed by atoms with van der Waals surface area (Å²) >= 11 is 0. The molecule has 0 unspecified atom stereocenters. The molecule has 5 rings (SSSR count). The third-order valence-corrected chi connectivity index (χ3v) is 14.1. The SMILES string of the molecule is COC(=O)[C@@]1(O[Si](C)(C)C(C)(C)C)C[C@@H]2C=CCN3CC[C@@]4(c5ccc(OC)cc5N(C)[C@H]41)[C@H]23. The monoisotopic (exact) mass is 484 g/mol. The Morgan fingerprint density at radius 3 is 2.59 bits per heavy atom. The molecular weight excluding hydrogens is 444 g/mol. The summed E-state index contributed by atoms with van der Waals surface area (Å²) in [6.07, 6.45) is 6.27. The molecule has 4 aliphatic rings. The molecule has 2 fully saturated rings. The number of fused-ring (bicyclic) bond motifs is 1. The molecule has 1 aliphatic carbocycles. The quantitative estimate of drug-likeness (QED) is 0.360. The first-order chi connectivity index (χ1) is 15.9. The molecule has 0 bridgehead atoms. The standard InChI is InChI=1S/C27H40N2O4Si/c1-25(2,3)34(7,8)33-27(24(30)32-6)17-18-10-9-14-29-15-13-26(22(18)29)20-12-11-19(31-5)16-21(20)28(4)23(26)27/h9-12,16,18,22-23H,13-15,17H2,1-8H3/t18-,22-,23+,26+,27+/m0/s1. The van der Waals surface area contributed by atoms with Gasteiger partial charge < -0.3 is 18.8 Å². The summed E-state index contributed by atoms with van der Waals surface area (Å²) in [4.78, 5) is 18.9. The molecule has 6 nitrogen and oxygen atoms in total. The van der Waals surface area contributed by atoms with Gasteiger partial charge in [0.1, 0.15) is 5.75 Å². The Morgan fingerprint density at radius 1 is 1.21 bits per heavy atom. The summed E-state index contributed by atoms with van der Waals surface area (Å²) in [5.74, 6) is 0.839. The van der Waals surface area contributed by atoms with Crippen molar-refractivity contribution < 1.29 is 18.7 Å². The number of carbonyl (C=O) groups is 1. The van der Waals surface area contributed by atoms with Crippen molar-refractivity contribution in [3.05, 3.63) is 35.9 Å². The van der Waals surface area contributed by atoms with Crippen LogP contribution in [0.3, 0.4) is 0 Å². The maximum Gasteiger partial charge on any atom is 0.339 e. The van der Waals surface area contributed by atoms with Crippen molar-refractivity contribution in [3.63, 3.8) is 0 Å². The predicted molar refractivity (Wildman–Crippen MR) is 137 cm³/mol. The molecule has 7 heteroatoms. The van der Waals surface area contributed by atoms with Crippen LogP contribution in [0.25, 0.3) is 0 Å². The maximum atomic E-state index is 14.0. The molecule has 1 spiro atoms. The van der Waals surface area contributed by atoms with Crippen LogP contribution in [0, 0.1) is 5.92 Å². The summed E-state index contributed by atoms with van der Waals surface area (Å²) < 4.78 is 18.5. The van der Waals surface area contributed by atoms with E-state index >= 15 is 0 Å². The minimum absolute atomic E-state index is 0.0323. The smallest absolute Gasteiger partial charge is 0.339 e. The van der Waals surface area contributed by atoms with Crippen molar-refractivity contribution in [2.75, 3.05) is 39.3 Å². The van der Waals surface area contributed by atoms with E-state index in [4.69, 9.17) is 13.9 Å². The zero-order valence-electron chi connectivity index (χ0n) is 22.0. The third kappa shape index (κ3) is 2.96. The normalized spacial score (nSPS) is 34.5. The molecule has 1 aromatic rings. The number of carbonyl (C=O) groups excluding carboxylic acids is 1. The van der Waals surface area contributed by atoms with Crippen molar-refractivity contribution in [1.82, 2.24) is 4.90 Å². The second kappa shape index (κ2) is 7.58. The van der Waals surface area contributed by atoms with Crippen molar-refractivity contribution >= 4 is 20.0 Å². The van der Waals surface area contributed by atoms with Gasteiger partial charge >= 0.3 is 5.97 Å². The summed E-state index contributed by atoms with van der Waals surface area (Å²) in [7, 11) is 3.02. The molecule has 0 aromatic heterocycles. The first kappa shape index (κ1) is 23.9. The molecule has 1 saturated carbocycles. The average Bonchev–Trinajstić information content (AvgIpc) is 3.29. The van der Waals surface area contributed by atoms with Crippen molar-refractivity contribution in [1.29, 1.82) is 0 Å². The van der Waals surface area contributed by atoms with E-state index in [1.54, 1.807) is 7.11 Å². The van der Waals surface area contributed by atoms with Gasteiger partial charge in [-0.1, -0.05) is 39.0 Å². The van der Waals surface area contributed by atoms with Gasteiger partial charge in [-0.15, -0.1) is 0 Å². The number of hydrogen-bond acceptors (Lipinski definition) is 6. The van der Waals surface area contributed by atoms with Gasteiger partial charge in [0.25, 0.3) is 0 Å². The van der Waals surface area contributed by atoms with Gasteiger partial charge in [-0.25, -0.2) is 4.79 Å². The summed E-state index contributed by atoms with van der Waals surface area (Å²) in [6, 6.07) is 6.65. The number of benzene rings is 1. The number of hydrogen-bond donors (Lipinski definition) is 0. The minimum atomic E-state index is -2.33. The number of rotatable bonds is 4. The van der Waals surface area contributed by atoms with E-state index in [9.17, 15) is 4.79 Å². The predicted octanol–water partition coefficient (Wildman–Crippen LogP) is 4.35. The zero-order chi connectivity index (χ0) is 24.7. The largest absolute Gasteiger partial charge is 0.497 e. The Labute approximate surface area is 205 Å². The van der Waals surface area contributed by atoms with Gasteiger partial charge in [0.15, 0.2) is 13.9 Å². The minimum Gasteiger partial charge on any atom is -0.497 e. The lowest BCUT2D eigenvalue weighted by Gasteiger charge is -2.59. The Morgan fingerprint density at radius 2 is 1.94 bits per heavy atom. The van der Waals surface area contributed by atoms with Gasteiger partial charge in [-0.2, -0.15) is 0 Å². The first-order valence-electron chi connectivity index (χ1n) is 12.5. The highest BCUT2D eigenvalue weighted by molar-refractivity contribution is 6.74.